The summed E-state index contributed by atoms with van der Waals surface area (Å²) in [5, 5.41) is 5.55. The molecule has 0 saturated heterocycles. The lowest BCUT2D eigenvalue weighted by Crippen LogP contribution is -2.38. The third-order valence-electron chi connectivity index (χ3n) is 4.15. The second-order valence-corrected chi connectivity index (χ2v) is 8.27. The Morgan fingerprint density at radius 1 is 1.08 bits per heavy atom. The summed E-state index contributed by atoms with van der Waals surface area (Å²) in [6.45, 7) is 8.22. The SMILES string of the molecule is CC(NC(=O)CNC(=O)c1ccc(C(C)(C)C)cc1)c1cccc(Br)c1. The quantitative estimate of drug-likeness (QED) is 0.760. The number of benzene rings is 2. The van der Waals surface area contributed by atoms with E-state index in [1.807, 2.05) is 43.3 Å². The third kappa shape index (κ3) is 5.70. The van der Waals surface area contributed by atoms with Gasteiger partial charge in [-0.25, -0.2) is 0 Å². The van der Waals surface area contributed by atoms with Crippen LogP contribution >= 0.6 is 15.9 Å². The standard InChI is InChI=1S/C21H25BrN2O2/c1-14(16-6-5-7-18(22)12-16)24-19(25)13-23-20(26)15-8-10-17(11-9-15)21(2,3)4/h5-12,14H,13H2,1-4H3,(H,23,26)(H,24,25). The minimum absolute atomic E-state index is 0.0391. The Labute approximate surface area is 163 Å². The summed E-state index contributed by atoms with van der Waals surface area (Å²) in [6.07, 6.45) is 0. The monoisotopic (exact) mass is 416 g/mol. The van der Waals surface area contributed by atoms with E-state index in [0.717, 1.165) is 15.6 Å². The van der Waals surface area contributed by atoms with Crippen LogP contribution in [0.15, 0.2) is 53.0 Å². The largest absolute Gasteiger partial charge is 0.348 e. The molecule has 0 heterocycles. The molecular formula is C21H25BrN2O2. The van der Waals surface area contributed by atoms with Crippen molar-refractivity contribution >= 4 is 27.7 Å². The number of amides is 2. The van der Waals surface area contributed by atoms with Crippen molar-refractivity contribution < 1.29 is 9.59 Å². The zero-order chi connectivity index (χ0) is 19.3. The molecule has 2 aromatic carbocycles. The highest BCUT2D eigenvalue weighted by atomic mass is 79.9. The first-order valence-electron chi connectivity index (χ1n) is 8.60. The number of carbonyl (C=O) groups is 2. The van der Waals surface area contributed by atoms with Crippen molar-refractivity contribution in [2.24, 2.45) is 0 Å². The van der Waals surface area contributed by atoms with Crippen LogP contribution < -0.4 is 10.6 Å². The lowest BCUT2D eigenvalue weighted by atomic mass is 9.87. The van der Waals surface area contributed by atoms with Crippen LogP contribution in [0.3, 0.4) is 0 Å². The fraction of sp³-hybridized carbons (Fsp3) is 0.333. The highest BCUT2D eigenvalue weighted by Gasteiger charge is 2.15. The van der Waals surface area contributed by atoms with E-state index in [9.17, 15) is 9.59 Å². The number of carbonyl (C=O) groups excluding carboxylic acids is 2. The number of rotatable bonds is 5. The Balaban J connectivity index is 1.87. The van der Waals surface area contributed by atoms with Crippen molar-refractivity contribution in [2.45, 2.75) is 39.2 Å². The maximum Gasteiger partial charge on any atom is 0.251 e. The number of hydrogen-bond acceptors (Lipinski definition) is 2. The van der Waals surface area contributed by atoms with E-state index >= 15 is 0 Å². The molecule has 2 rings (SSSR count). The van der Waals surface area contributed by atoms with Gasteiger partial charge in [-0.3, -0.25) is 9.59 Å². The van der Waals surface area contributed by atoms with Gasteiger partial charge in [0.15, 0.2) is 0 Å². The molecule has 2 amide bonds. The van der Waals surface area contributed by atoms with Crippen molar-refractivity contribution in [3.8, 4) is 0 Å². The summed E-state index contributed by atoms with van der Waals surface area (Å²) in [5.74, 6) is -0.479. The molecule has 2 N–H and O–H groups in total. The van der Waals surface area contributed by atoms with Crippen LogP contribution in [0.25, 0.3) is 0 Å². The van der Waals surface area contributed by atoms with Gasteiger partial charge in [0.05, 0.1) is 12.6 Å². The van der Waals surface area contributed by atoms with Gasteiger partial charge in [-0.2, -0.15) is 0 Å². The molecule has 1 unspecified atom stereocenters. The van der Waals surface area contributed by atoms with Gasteiger partial charge < -0.3 is 10.6 Å². The van der Waals surface area contributed by atoms with Crippen molar-refractivity contribution in [3.63, 3.8) is 0 Å². The molecule has 4 nitrogen and oxygen atoms in total. The number of nitrogens with one attached hydrogen (secondary N) is 2. The van der Waals surface area contributed by atoms with Crippen LogP contribution in [-0.4, -0.2) is 18.4 Å². The fourth-order valence-corrected chi connectivity index (χ4v) is 2.95. The normalized spacial score (nSPS) is 12.3. The van der Waals surface area contributed by atoms with E-state index in [4.69, 9.17) is 0 Å². The van der Waals surface area contributed by atoms with Crippen LogP contribution in [-0.2, 0) is 10.2 Å². The Hall–Kier alpha value is -2.14. The number of hydrogen-bond donors (Lipinski definition) is 2. The summed E-state index contributed by atoms with van der Waals surface area (Å²) in [4.78, 5) is 24.3. The summed E-state index contributed by atoms with van der Waals surface area (Å²) >= 11 is 3.42. The van der Waals surface area contributed by atoms with Gasteiger partial charge in [-0.15, -0.1) is 0 Å². The predicted octanol–water partition coefficient (Wildman–Crippen LogP) is 4.35. The first-order valence-corrected chi connectivity index (χ1v) is 9.39. The molecule has 0 spiro atoms. The second kappa shape index (κ2) is 8.49. The fourth-order valence-electron chi connectivity index (χ4n) is 2.54. The first kappa shape index (κ1) is 20.2. The number of halogens is 1. The van der Waals surface area contributed by atoms with Crippen molar-refractivity contribution in [1.29, 1.82) is 0 Å². The van der Waals surface area contributed by atoms with Crippen LogP contribution in [0, 0.1) is 0 Å². The maximum absolute atomic E-state index is 12.2. The molecule has 0 bridgehead atoms. The summed E-state index contributed by atoms with van der Waals surface area (Å²) < 4.78 is 0.961. The molecule has 0 saturated carbocycles. The Kier molecular flexibility index (Phi) is 6.59. The van der Waals surface area contributed by atoms with E-state index in [1.54, 1.807) is 12.1 Å². The van der Waals surface area contributed by atoms with Gasteiger partial charge in [0.2, 0.25) is 5.91 Å². The molecule has 0 aromatic heterocycles. The molecule has 0 aliphatic rings. The van der Waals surface area contributed by atoms with E-state index in [-0.39, 0.29) is 29.8 Å². The highest BCUT2D eigenvalue weighted by molar-refractivity contribution is 9.10. The molecular weight excluding hydrogens is 392 g/mol. The molecule has 0 aliphatic heterocycles. The van der Waals surface area contributed by atoms with Gasteiger partial charge in [-0.1, -0.05) is 61.0 Å². The average molecular weight is 417 g/mol. The minimum Gasteiger partial charge on any atom is -0.348 e. The van der Waals surface area contributed by atoms with Crippen molar-refractivity contribution in [2.75, 3.05) is 6.54 Å². The van der Waals surface area contributed by atoms with Crippen LogP contribution in [0.5, 0.6) is 0 Å². The molecule has 0 aliphatic carbocycles. The summed E-state index contributed by atoms with van der Waals surface area (Å²) in [7, 11) is 0. The van der Waals surface area contributed by atoms with Crippen LogP contribution in [0.4, 0.5) is 0 Å². The second-order valence-electron chi connectivity index (χ2n) is 7.35. The lowest BCUT2D eigenvalue weighted by molar-refractivity contribution is -0.120. The smallest absolute Gasteiger partial charge is 0.251 e. The van der Waals surface area contributed by atoms with Gasteiger partial charge in [-0.05, 0) is 47.7 Å². The topological polar surface area (TPSA) is 58.2 Å². The zero-order valence-electron chi connectivity index (χ0n) is 15.6. The Morgan fingerprint density at radius 2 is 1.73 bits per heavy atom. The van der Waals surface area contributed by atoms with Crippen molar-refractivity contribution in [3.05, 3.63) is 69.7 Å². The minimum atomic E-state index is -0.254. The van der Waals surface area contributed by atoms with E-state index in [1.165, 1.54) is 0 Å². The van der Waals surface area contributed by atoms with Gasteiger partial charge in [0, 0.05) is 10.0 Å². The molecule has 26 heavy (non-hydrogen) atoms. The highest BCUT2D eigenvalue weighted by Crippen LogP contribution is 2.22. The lowest BCUT2D eigenvalue weighted by Gasteiger charge is -2.19. The van der Waals surface area contributed by atoms with Gasteiger partial charge in [0.25, 0.3) is 5.91 Å². The molecule has 0 fully saturated rings. The predicted molar refractivity (Wildman–Crippen MR) is 108 cm³/mol. The maximum atomic E-state index is 12.2. The average Bonchev–Trinajstić information content (AvgIpc) is 2.59. The van der Waals surface area contributed by atoms with E-state index in [2.05, 4.69) is 47.3 Å². The van der Waals surface area contributed by atoms with Crippen LogP contribution in [0.1, 0.15) is 55.2 Å². The van der Waals surface area contributed by atoms with Gasteiger partial charge in [0.1, 0.15) is 0 Å². The first-order chi connectivity index (χ1) is 12.2. The zero-order valence-corrected chi connectivity index (χ0v) is 17.2. The van der Waals surface area contributed by atoms with Crippen LogP contribution in [0.2, 0.25) is 0 Å². The molecule has 2 aromatic rings. The molecule has 138 valence electrons. The molecule has 5 heteroatoms. The Bertz CT molecular complexity index is 779. The van der Waals surface area contributed by atoms with E-state index < -0.39 is 0 Å². The van der Waals surface area contributed by atoms with Crippen molar-refractivity contribution in [1.82, 2.24) is 10.6 Å². The van der Waals surface area contributed by atoms with Gasteiger partial charge >= 0.3 is 0 Å². The summed E-state index contributed by atoms with van der Waals surface area (Å²) in [6, 6.07) is 15.1. The summed E-state index contributed by atoms with van der Waals surface area (Å²) in [5.41, 5.74) is 2.74. The Morgan fingerprint density at radius 3 is 2.31 bits per heavy atom. The third-order valence-corrected chi connectivity index (χ3v) is 4.64. The molecule has 0 radical (unpaired) electrons. The van der Waals surface area contributed by atoms with E-state index in [0.29, 0.717) is 5.56 Å². The molecule has 1 atom stereocenters.